The smallest absolute Gasteiger partial charge is 0.176 e. The number of hydrogen-bond donors (Lipinski definition) is 1. The molecule has 0 fully saturated rings. The second-order valence-corrected chi connectivity index (χ2v) is 4.77. The molecule has 106 valence electrons. The number of aromatic nitrogens is 3. The zero-order valence-electron chi connectivity index (χ0n) is 11.6. The van der Waals surface area contributed by atoms with Gasteiger partial charge in [-0.2, -0.15) is 5.10 Å². The van der Waals surface area contributed by atoms with E-state index in [1.165, 1.54) is 6.07 Å². The number of rotatable bonds is 4. The molecule has 0 aliphatic carbocycles. The standard InChI is InChI=1S/C16H15FN4/c1-12-5-6-14(17)13(10-12)11-19-15-4-2-7-18-16(15)21-9-3-8-20-21/h2-10,19H,11H2,1H3. The predicted octanol–water partition coefficient (Wildman–Crippen LogP) is 3.33. The molecule has 3 rings (SSSR count). The number of nitrogens with zero attached hydrogens (tertiary/aromatic N) is 3. The van der Waals surface area contributed by atoms with Gasteiger partial charge in [-0.3, -0.25) is 0 Å². The highest BCUT2D eigenvalue weighted by atomic mass is 19.1. The maximum absolute atomic E-state index is 13.8. The molecule has 3 aromatic rings. The molecular formula is C16H15FN4. The summed E-state index contributed by atoms with van der Waals surface area (Å²) in [4.78, 5) is 4.32. The summed E-state index contributed by atoms with van der Waals surface area (Å²) < 4.78 is 15.4. The molecule has 0 saturated heterocycles. The first-order valence-corrected chi connectivity index (χ1v) is 6.68. The molecule has 21 heavy (non-hydrogen) atoms. The van der Waals surface area contributed by atoms with Crippen molar-refractivity contribution in [3.05, 3.63) is 71.9 Å². The fourth-order valence-electron chi connectivity index (χ4n) is 2.14. The summed E-state index contributed by atoms with van der Waals surface area (Å²) in [6.07, 6.45) is 5.22. The third-order valence-electron chi connectivity index (χ3n) is 3.18. The van der Waals surface area contributed by atoms with Gasteiger partial charge in [0, 0.05) is 30.7 Å². The van der Waals surface area contributed by atoms with Crippen molar-refractivity contribution in [3.63, 3.8) is 0 Å². The lowest BCUT2D eigenvalue weighted by atomic mass is 10.1. The van der Waals surface area contributed by atoms with Crippen LogP contribution in [0.25, 0.3) is 5.82 Å². The average Bonchev–Trinajstić information content (AvgIpc) is 3.03. The van der Waals surface area contributed by atoms with Crippen molar-refractivity contribution in [2.45, 2.75) is 13.5 Å². The Kier molecular flexibility index (Phi) is 3.64. The molecule has 0 saturated carbocycles. The maximum Gasteiger partial charge on any atom is 0.176 e. The van der Waals surface area contributed by atoms with Gasteiger partial charge in [0.05, 0.1) is 5.69 Å². The summed E-state index contributed by atoms with van der Waals surface area (Å²) in [5.41, 5.74) is 2.47. The molecule has 1 N–H and O–H groups in total. The maximum atomic E-state index is 13.8. The Labute approximate surface area is 122 Å². The number of benzene rings is 1. The summed E-state index contributed by atoms with van der Waals surface area (Å²) in [7, 11) is 0. The Morgan fingerprint density at radius 1 is 1.19 bits per heavy atom. The average molecular weight is 282 g/mol. The lowest BCUT2D eigenvalue weighted by Crippen LogP contribution is -2.07. The van der Waals surface area contributed by atoms with E-state index >= 15 is 0 Å². The lowest BCUT2D eigenvalue weighted by molar-refractivity contribution is 0.612. The summed E-state index contributed by atoms with van der Waals surface area (Å²) in [5, 5.41) is 7.40. The summed E-state index contributed by atoms with van der Waals surface area (Å²) in [5.74, 6) is 0.480. The van der Waals surface area contributed by atoms with E-state index in [0.29, 0.717) is 17.9 Å². The summed E-state index contributed by atoms with van der Waals surface area (Å²) in [6.45, 7) is 2.34. The van der Waals surface area contributed by atoms with Crippen LogP contribution in [0.2, 0.25) is 0 Å². The van der Waals surface area contributed by atoms with E-state index in [2.05, 4.69) is 15.4 Å². The molecule has 0 aliphatic rings. The van der Waals surface area contributed by atoms with Crippen LogP contribution in [0.15, 0.2) is 55.0 Å². The van der Waals surface area contributed by atoms with Crippen molar-refractivity contribution in [2.24, 2.45) is 0 Å². The van der Waals surface area contributed by atoms with Crippen LogP contribution in [-0.4, -0.2) is 14.8 Å². The quantitative estimate of drug-likeness (QED) is 0.798. The molecule has 0 spiro atoms. The van der Waals surface area contributed by atoms with Crippen LogP contribution >= 0.6 is 0 Å². The molecule has 2 aromatic heterocycles. The summed E-state index contributed by atoms with van der Waals surface area (Å²) >= 11 is 0. The van der Waals surface area contributed by atoms with E-state index in [0.717, 1.165) is 11.3 Å². The molecule has 4 nitrogen and oxygen atoms in total. The molecule has 0 unspecified atom stereocenters. The van der Waals surface area contributed by atoms with Crippen molar-refractivity contribution in [2.75, 3.05) is 5.32 Å². The molecule has 0 amide bonds. The zero-order chi connectivity index (χ0) is 14.7. The van der Waals surface area contributed by atoms with E-state index in [1.807, 2.05) is 37.4 Å². The molecule has 0 bridgehead atoms. The number of pyridine rings is 1. The Morgan fingerprint density at radius 2 is 2.10 bits per heavy atom. The first-order chi connectivity index (χ1) is 10.2. The van der Waals surface area contributed by atoms with E-state index in [9.17, 15) is 4.39 Å². The Hall–Kier alpha value is -2.69. The number of nitrogens with one attached hydrogen (secondary N) is 1. The zero-order valence-corrected chi connectivity index (χ0v) is 11.6. The lowest BCUT2D eigenvalue weighted by Gasteiger charge is -2.11. The van der Waals surface area contributed by atoms with E-state index in [-0.39, 0.29) is 5.82 Å². The second-order valence-electron chi connectivity index (χ2n) is 4.77. The van der Waals surface area contributed by atoms with Crippen molar-refractivity contribution in [1.82, 2.24) is 14.8 Å². The number of hydrogen-bond acceptors (Lipinski definition) is 3. The highest BCUT2D eigenvalue weighted by molar-refractivity contribution is 5.56. The highest BCUT2D eigenvalue weighted by Gasteiger charge is 2.07. The monoisotopic (exact) mass is 282 g/mol. The van der Waals surface area contributed by atoms with Gasteiger partial charge in [0.2, 0.25) is 0 Å². The predicted molar refractivity (Wildman–Crippen MR) is 79.8 cm³/mol. The van der Waals surface area contributed by atoms with Crippen LogP contribution in [-0.2, 0) is 6.54 Å². The fourth-order valence-corrected chi connectivity index (χ4v) is 2.14. The minimum Gasteiger partial charge on any atom is -0.378 e. The van der Waals surface area contributed by atoms with Gasteiger partial charge in [0.15, 0.2) is 5.82 Å². The van der Waals surface area contributed by atoms with Crippen molar-refractivity contribution in [3.8, 4) is 5.82 Å². The SMILES string of the molecule is Cc1ccc(F)c(CNc2cccnc2-n2cccn2)c1. The highest BCUT2D eigenvalue weighted by Crippen LogP contribution is 2.18. The van der Waals surface area contributed by atoms with Gasteiger partial charge in [-0.05, 0) is 31.2 Å². The molecule has 0 radical (unpaired) electrons. The first kappa shape index (κ1) is 13.3. The molecule has 0 atom stereocenters. The van der Waals surface area contributed by atoms with Crippen LogP contribution in [0.4, 0.5) is 10.1 Å². The topological polar surface area (TPSA) is 42.7 Å². The van der Waals surface area contributed by atoms with Crippen LogP contribution in [0.5, 0.6) is 0 Å². The van der Waals surface area contributed by atoms with Gasteiger partial charge in [-0.25, -0.2) is 14.1 Å². The van der Waals surface area contributed by atoms with E-state index < -0.39 is 0 Å². The van der Waals surface area contributed by atoms with Crippen molar-refractivity contribution < 1.29 is 4.39 Å². The van der Waals surface area contributed by atoms with Crippen LogP contribution in [0.3, 0.4) is 0 Å². The van der Waals surface area contributed by atoms with Gasteiger partial charge >= 0.3 is 0 Å². The second kappa shape index (κ2) is 5.75. The minimum absolute atomic E-state index is 0.211. The van der Waals surface area contributed by atoms with Gasteiger partial charge < -0.3 is 5.32 Å². The van der Waals surface area contributed by atoms with Crippen LogP contribution in [0.1, 0.15) is 11.1 Å². The van der Waals surface area contributed by atoms with Crippen molar-refractivity contribution >= 4 is 5.69 Å². The van der Waals surface area contributed by atoms with Gasteiger partial charge in [0.1, 0.15) is 5.82 Å². The molecule has 0 aliphatic heterocycles. The van der Waals surface area contributed by atoms with Gasteiger partial charge in [0.25, 0.3) is 0 Å². The van der Waals surface area contributed by atoms with Gasteiger partial charge in [-0.1, -0.05) is 17.7 Å². The molecular weight excluding hydrogens is 267 g/mol. The van der Waals surface area contributed by atoms with Crippen LogP contribution < -0.4 is 5.32 Å². The van der Waals surface area contributed by atoms with E-state index in [1.54, 1.807) is 23.1 Å². The normalized spacial score (nSPS) is 10.6. The number of halogens is 1. The number of anilines is 1. The Bertz CT molecular complexity index is 738. The fraction of sp³-hybridized carbons (Fsp3) is 0.125. The summed E-state index contributed by atoms with van der Waals surface area (Å²) in [6, 6.07) is 10.7. The molecule has 5 heteroatoms. The van der Waals surface area contributed by atoms with E-state index in [4.69, 9.17) is 0 Å². The first-order valence-electron chi connectivity index (χ1n) is 6.68. The third kappa shape index (κ3) is 2.91. The van der Waals surface area contributed by atoms with Gasteiger partial charge in [-0.15, -0.1) is 0 Å². The Morgan fingerprint density at radius 3 is 2.90 bits per heavy atom. The molecule has 2 heterocycles. The largest absolute Gasteiger partial charge is 0.378 e. The minimum atomic E-state index is -0.211. The number of aryl methyl sites for hydroxylation is 1. The van der Waals surface area contributed by atoms with Crippen LogP contribution in [0, 0.1) is 12.7 Å². The molecule has 1 aromatic carbocycles. The Balaban J connectivity index is 1.84. The third-order valence-corrected chi connectivity index (χ3v) is 3.18. The van der Waals surface area contributed by atoms with Crippen molar-refractivity contribution in [1.29, 1.82) is 0 Å².